The summed E-state index contributed by atoms with van der Waals surface area (Å²) < 4.78 is 0. The molecule has 3 heteroatoms. The lowest BCUT2D eigenvalue weighted by Gasteiger charge is -1.95. The third kappa shape index (κ3) is 2.10. The molecule has 0 atom stereocenters. The van der Waals surface area contributed by atoms with Gasteiger partial charge in [-0.15, -0.1) is 0 Å². The Morgan fingerprint density at radius 3 is 2.45 bits per heavy atom. The molecule has 0 aliphatic rings. The van der Waals surface area contributed by atoms with Gasteiger partial charge in [0.1, 0.15) is 0 Å². The highest BCUT2D eigenvalue weighted by atomic mass is 16.2. The highest BCUT2D eigenvalue weighted by molar-refractivity contribution is 6.45. The van der Waals surface area contributed by atoms with Gasteiger partial charge in [0, 0.05) is 0 Å². The minimum Gasteiger partial charge on any atom is -0.450 e. The first kappa shape index (κ1) is 7.84. The van der Waals surface area contributed by atoms with Crippen LogP contribution in [-0.4, -0.2) is 12.5 Å². The molecule has 0 spiro atoms. The summed E-state index contributed by atoms with van der Waals surface area (Å²) in [5, 5.41) is 16.9. The fourth-order valence-electron chi connectivity index (χ4n) is 0.813. The molecule has 1 aromatic rings. The fourth-order valence-corrected chi connectivity index (χ4v) is 0.813. The van der Waals surface area contributed by atoms with E-state index in [0.29, 0.717) is 6.42 Å². The quantitative estimate of drug-likeness (QED) is 0.593. The Kier molecular flexibility index (Phi) is 2.70. The lowest BCUT2D eigenvalue weighted by atomic mass is 9.88. The van der Waals surface area contributed by atoms with E-state index in [2.05, 4.69) is 0 Å². The Morgan fingerprint density at radius 1 is 1.36 bits per heavy atom. The van der Waals surface area contributed by atoms with Crippen molar-refractivity contribution in [2.75, 3.05) is 0 Å². The van der Waals surface area contributed by atoms with Crippen molar-refractivity contribution >= 4 is 12.9 Å². The summed E-state index contributed by atoms with van der Waals surface area (Å²) in [6.07, 6.45) is 0.422. The predicted octanol–water partition coefficient (Wildman–Crippen LogP) is -0.0105. The maximum atomic E-state index is 8.57. The van der Waals surface area contributed by atoms with E-state index in [-0.39, 0.29) is 0 Å². The van der Waals surface area contributed by atoms with E-state index in [1.54, 1.807) is 12.1 Å². The van der Waals surface area contributed by atoms with Crippen molar-refractivity contribution in [1.29, 1.82) is 5.26 Å². The Hall–Kier alpha value is -1.27. The molecule has 0 aliphatic heterocycles. The van der Waals surface area contributed by atoms with Crippen LogP contribution in [-0.2, 0) is 6.42 Å². The minimum atomic E-state index is 0.422. The molecule has 0 saturated carbocycles. The lowest BCUT2D eigenvalue weighted by Crippen LogP contribution is -2.12. The van der Waals surface area contributed by atoms with Gasteiger partial charge in [0.15, 0.2) is 0 Å². The van der Waals surface area contributed by atoms with Crippen molar-refractivity contribution in [2.24, 2.45) is 0 Å². The monoisotopic (exact) mass is 144 g/mol. The molecule has 0 aliphatic carbocycles. The van der Waals surface area contributed by atoms with Crippen LogP contribution in [0.1, 0.15) is 5.56 Å². The number of nitrogens with zero attached hydrogens (tertiary/aromatic N) is 1. The molecule has 1 radical (unpaired) electrons. The van der Waals surface area contributed by atoms with Gasteiger partial charge in [0.25, 0.3) is 0 Å². The van der Waals surface area contributed by atoms with Crippen LogP contribution in [0.3, 0.4) is 0 Å². The van der Waals surface area contributed by atoms with Crippen LogP contribution in [0.15, 0.2) is 24.3 Å². The van der Waals surface area contributed by atoms with Crippen LogP contribution < -0.4 is 5.46 Å². The van der Waals surface area contributed by atoms with E-state index in [4.69, 9.17) is 10.3 Å². The van der Waals surface area contributed by atoms with Crippen molar-refractivity contribution in [2.45, 2.75) is 6.42 Å². The average molecular weight is 144 g/mol. The van der Waals surface area contributed by atoms with E-state index in [1.165, 1.54) is 0 Å². The van der Waals surface area contributed by atoms with Gasteiger partial charge in [0.05, 0.1) is 12.5 Å². The van der Waals surface area contributed by atoms with Gasteiger partial charge in [0.2, 0.25) is 0 Å². The highest BCUT2D eigenvalue weighted by Crippen LogP contribution is 1.96. The first-order valence-electron chi connectivity index (χ1n) is 3.30. The van der Waals surface area contributed by atoms with Crippen molar-refractivity contribution < 1.29 is 5.02 Å². The van der Waals surface area contributed by atoms with Crippen LogP contribution >= 0.6 is 0 Å². The molecule has 1 aromatic carbocycles. The van der Waals surface area contributed by atoms with E-state index < -0.39 is 0 Å². The van der Waals surface area contributed by atoms with E-state index in [0.717, 1.165) is 18.5 Å². The van der Waals surface area contributed by atoms with E-state index >= 15 is 0 Å². The first-order chi connectivity index (χ1) is 5.36. The maximum absolute atomic E-state index is 8.57. The van der Waals surface area contributed by atoms with E-state index in [9.17, 15) is 0 Å². The molecule has 1 rings (SSSR count). The zero-order valence-electron chi connectivity index (χ0n) is 5.99. The summed E-state index contributed by atoms with van der Waals surface area (Å²) in [6.45, 7) is 0. The molecule has 0 aromatic heterocycles. The minimum absolute atomic E-state index is 0.422. The first-order valence-corrected chi connectivity index (χ1v) is 3.30. The molecule has 0 heterocycles. The topological polar surface area (TPSA) is 44.0 Å². The summed E-state index contributed by atoms with van der Waals surface area (Å²) in [4.78, 5) is 0. The van der Waals surface area contributed by atoms with Crippen molar-refractivity contribution in [3.05, 3.63) is 29.8 Å². The summed E-state index contributed by atoms with van der Waals surface area (Å²) >= 11 is 0. The summed E-state index contributed by atoms with van der Waals surface area (Å²) in [5.41, 5.74) is 1.73. The number of rotatable bonds is 2. The largest absolute Gasteiger partial charge is 0.450 e. The van der Waals surface area contributed by atoms with Crippen LogP contribution in [0.4, 0.5) is 0 Å². The molecule has 2 nitrogen and oxygen atoms in total. The van der Waals surface area contributed by atoms with Gasteiger partial charge in [-0.3, -0.25) is 0 Å². The number of benzene rings is 1. The third-order valence-electron chi connectivity index (χ3n) is 1.41. The molecule has 0 unspecified atom stereocenters. The Morgan fingerprint density at radius 2 is 2.00 bits per heavy atom. The second-order valence-corrected chi connectivity index (χ2v) is 2.21. The molecule has 11 heavy (non-hydrogen) atoms. The van der Waals surface area contributed by atoms with Gasteiger partial charge in [-0.2, -0.15) is 5.26 Å². The molecule has 1 N–H and O–H groups in total. The summed E-state index contributed by atoms with van der Waals surface area (Å²) in [5.74, 6) is 0. The van der Waals surface area contributed by atoms with Crippen LogP contribution in [0.5, 0.6) is 0 Å². The van der Waals surface area contributed by atoms with Crippen LogP contribution in [0.25, 0.3) is 0 Å². The van der Waals surface area contributed by atoms with Crippen LogP contribution in [0, 0.1) is 11.3 Å². The van der Waals surface area contributed by atoms with Crippen LogP contribution in [0.2, 0.25) is 0 Å². The SMILES string of the molecule is N#CCc1ccc([B]O)cc1. The second kappa shape index (κ2) is 3.79. The number of hydrogen-bond acceptors (Lipinski definition) is 2. The van der Waals surface area contributed by atoms with Gasteiger partial charge in [-0.05, 0) is 5.56 Å². The van der Waals surface area contributed by atoms with Gasteiger partial charge in [-0.25, -0.2) is 0 Å². The molecule has 0 saturated heterocycles. The Balaban J connectivity index is 2.76. The molecule has 0 amide bonds. The van der Waals surface area contributed by atoms with Crippen molar-refractivity contribution in [3.8, 4) is 6.07 Å². The van der Waals surface area contributed by atoms with E-state index in [1.807, 2.05) is 18.2 Å². The molecular weight excluding hydrogens is 137 g/mol. The fraction of sp³-hybridized carbons (Fsp3) is 0.125. The lowest BCUT2D eigenvalue weighted by molar-refractivity contribution is 0.615. The molecule has 0 fully saturated rings. The highest BCUT2D eigenvalue weighted by Gasteiger charge is 1.93. The molecule has 0 bridgehead atoms. The van der Waals surface area contributed by atoms with Crippen molar-refractivity contribution in [1.82, 2.24) is 0 Å². The van der Waals surface area contributed by atoms with Gasteiger partial charge in [-0.1, -0.05) is 29.7 Å². The molecule has 53 valence electrons. The predicted molar refractivity (Wildman–Crippen MR) is 43.4 cm³/mol. The average Bonchev–Trinajstić information content (AvgIpc) is 2.07. The second-order valence-electron chi connectivity index (χ2n) is 2.21. The maximum Gasteiger partial charge on any atom is 0.326 e. The Labute approximate surface area is 66.4 Å². The Bertz CT molecular complexity index is 262. The zero-order valence-corrected chi connectivity index (χ0v) is 5.99. The standard InChI is InChI=1S/C8H7BNO/c10-6-5-7-1-3-8(9-11)4-2-7/h1-4,11H,5H2. The normalized spacial score (nSPS) is 8.73. The van der Waals surface area contributed by atoms with Crippen molar-refractivity contribution in [3.63, 3.8) is 0 Å². The zero-order chi connectivity index (χ0) is 8.10. The van der Waals surface area contributed by atoms with Gasteiger partial charge >= 0.3 is 7.48 Å². The third-order valence-corrected chi connectivity index (χ3v) is 1.41. The number of hydrogen-bond donors (Lipinski definition) is 1. The molecular formula is C8H7BNO. The number of nitriles is 1. The smallest absolute Gasteiger partial charge is 0.326 e. The summed E-state index contributed by atoms with van der Waals surface area (Å²) in [7, 11) is 1.04. The summed E-state index contributed by atoms with van der Waals surface area (Å²) in [6, 6.07) is 9.24. The van der Waals surface area contributed by atoms with Gasteiger partial charge < -0.3 is 5.02 Å².